The Morgan fingerprint density at radius 2 is 1.43 bits per heavy atom. The quantitative estimate of drug-likeness (QED) is 0.722. The Morgan fingerprint density at radius 1 is 0.957 bits per heavy atom. The number of halogens is 3. The molecule has 0 heterocycles. The molecule has 0 aliphatic rings. The van der Waals surface area contributed by atoms with E-state index in [1.165, 1.54) is 0 Å². The van der Waals surface area contributed by atoms with Crippen molar-refractivity contribution in [2.24, 2.45) is 0 Å². The smallest absolute Gasteiger partial charge is 0.451 e. The van der Waals surface area contributed by atoms with Crippen molar-refractivity contribution in [3.8, 4) is 0 Å². The zero-order chi connectivity index (χ0) is 16.9. The average molecular weight is 322 g/mol. The van der Waals surface area contributed by atoms with Crippen LogP contribution in [0.4, 0.5) is 13.2 Å². The Bertz CT molecular complexity index is 624. The van der Waals surface area contributed by atoms with Crippen LogP contribution in [-0.2, 0) is 9.53 Å². The number of ether oxygens (including phenoxy) is 1. The molecule has 2 aromatic rings. The summed E-state index contributed by atoms with van der Waals surface area (Å²) in [5.41, 5.74) is 1.53. The van der Waals surface area contributed by atoms with Gasteiger partial charge in [-0.2, -0.15) is 13.2 Å². The summed E-state index contributed by atoms with van der Waals surface area (Å²) in [7, 11) is 0. The molecule has 0 fully saturated rings. The van der Waals surface area contributed by atoms with Gasteiger partial charge in [-0.05, 0) is 23.5 Å². The lowest BCUT2D eigenvalue weighted by Crippen LogP contribution is -2.27. The Hall–Kier alpha value is -2.30. The van der Waals surface area contributed by atoms with E-state index < -0.39 is 18.2 Å². The van der Waals surface area contributed by atoms with Crippen molar-refractivity contribution < 1.29 is 22.7 Å². The molecule has 0 aliphatic heterocycles. The minimum absolute atomic E-state index is 0.0533. The van der Waals surface area contributed by atoms with Gasteiger partial charge in [0.1, 0.15) is 6.10 Å². The zero-order valence-corrected chi connectivity index (χ0v) is 12.6. The van der Waals surface area contributed by atoms with Gasteiger partial charge in [-0.3, -0.25) is 0 Å². The molecule has 0 saturated heterocycles. The molecule has 0 saturated carbocycles. The van der Waals surface area contributed by atoms with Gasteiger partial charge in [0, 0.05) is 0 Å². The van der Waals surface area contributed by atoms with Crippen LogP contribution in [0, 0.1) is 0 Å². The van der Waals surface area contributed by atoms with Crippen molar-refractivity contribution in [1.29, 1.82) is 0 Å². The van der Waals surface area contributed by atoms with Crippen LogP contribution in [0.15, 0.2) is 60.7 Å². The maximum Gasteiger partial charge on any atom is 0.490 e. The van der Waals surface area contributed by atoms with E-state index in [4.69, 9.17) is 4.74 Å². The van der Waals surface area contributed by atoms with E-state index in [1.54, 1.807) is 30.3 Å². The first kappa shape index (κ1) is 17.1. The van der Waals surface area contributed by atoms with Gasteiger partial charge in [-0.25, -0.2) is 4.79 Å². The zero-order valence-electron chi connectivity index (χ0n) is 12.6. The summed E-state index contributed by atoms with van der Waals surface area (Å²) in [6.07, 6.45) is -5.67. The highest BCUT2D eigenvalue weighted by Gasteiger charge is 2.42. The van der Waals surface area contributed by atoms with Crippen LogP contribution < -0.4 is 0 Å². The highest BCUT2D eigenvalue weighted by atomic mass is 19.4. The lowest BCUT2D eigenvalue weighted by Gasteiger charge is -2.22. The summed E-state index contributed by atoms with van der Waals surface area (Å²) in [5.74, 6) is -2.21. The van der Waals surface area contributed by atoms with Gasteiger partial charge in [0.15, 0.2) is 0 Å². The van der Waals surface area contributed by atoms with Crippen LogP contribution in [0.25, 0.3) is 0 Å². The van der Waals surface area contributed by atoms with Crippen molar-refractivity contribution >= 4 is 5.97 Å². The van der Waals surface area contributed by atoms with E-state index in [1.807, 2.05) is 37.3 Å². The molecule has 2 atom stereocenters. The largest absolute Gasteiger partial charge is 0.490 e. The third-order valence-electron chi connectivity index (χ3n) is 3.59. The predicted octanol–water partition coefficient (Wildman–Crippen LogP) is 5.03. The molecule has 2 nitrogen and oxygen atoms in total. The number of benzene rings is 2. The molecule has 0 spiro atoms. The molecule has 5 heteroatoms. The van der Waals surface area contributed by atoms with E-state index in [9.17, 15) is 18.0 Å². The van der Waals surface area contributed by atoms with Crippen LogP contribution in [-0.4, -0.2) is 12.1 Å². The van der Waals surface area contributed by atoms with Gasteiger partial charge in [0.05, 0.1) is 0 Å². The highest BCUT2D eigenvalue weighted by molar-refractivity contribution is 5.75. The van der Waals surface area contributed by atoms with E-state index in [2.05, 4.69) is 0 Å². The maximum absolute atomic E-state index is 12.5. The third kappa shape index (κ3) is 4.84. The first-order valence-electron chi connectivity index (χ1n) is 7.25. The van der Waals surface area contributed by atoms with E-state index in [0.29, 0.717) is 5.56 Å². The Kier molecular flexibility index (Phi) is 5.42. The molecule has 122 valence electrons. The molecule has 23 heavy (non-hydrogen) atoms. The van der Waals surface area contributed by atoms with Crippen molar-refractivity contribution in [2.75, 3.05) is 0 Å². The number of esters is 1. The summed E-state index contributed by atoms with van der Waals surface area (Å²) >= 11 is 0. The van der Waals surface area contributed by atoms with E-state index >= 15 is 0 Å². The van der Waals surface area contributed by atoms with Crippen molar-refractivity contribution in [1.82, 2.24) is 0 Å². The van der Waals surface area contributed by atoms with Crippen molar-refractivity contribution in [3.63, 3.8) is 0 Å². The summed E-state index contributed by atoms with van der Waals surface area (Å²) in [5, 5.41) is 0. The lowest BCUT2D eigenvalue weighted by molar-refractivity contribution is -0.205. The summed E-state index contributed by atoms with van der Waals surface area (Å²) in [6, 6.07) is 17.9. The third-order valence-corrected chi connectivity index (χ3v) is 3.59. The van der Waals surface area contributed by atoms with Gasteiger partial charge in [0.2, 0.25) is 0 Å². The molecule has 0 aromatic heterocycles. The average Bonchev–Trinajstić information content (AvgIpc) is 2.55. The second-order valence-electron chi connectivity index (χ2n) is 5.35. The SMILES string of the molecule is CC(CC(OC(=O)C(F)(F)F)c1ccccc1)c1ccccc1. The Labute approximate surface area is 132 Å². The Balaban J connectivity index is 2.19. The normalized spacial score (nSPS) is 14.1. The number of rotatable bonds is 5. The summed E-state index contributed by atoms with van der Waals surface area (Å²) < 4.78 is 42.3. The van der Waals surface area contributed by atoms with Crippen LogP contribution >= 0.6 is 0 Å². The molecule has 0 amide bonds. The molecule has 2 aromatic carbocycles. The number of hydrogen-bond acceptors (Lipinski definition) is 2. The number of alkyl halides is 3. The predicted molar refractivity (Wildman–Crippen MR) is 80.8 cm³/mol. The van der Waals surface area contributed by atoms with Gasteiger partial charge < -0.3 is 4.74 Å². The molecule has 0 bridgehead atoms. The molecule has 0 N–H and O–H groups in total. The molecular formula is C18H17F3O2. The molecule has 2 unspecified atom stereocenters. The molecular weight excluding hydrogens is 305 g/mol. The first-order chi connectivity index (χ1) is 10.9. The number of carbonyl (C=O) groups is 1. The second-order valence-corrected chi connectivity index (χ2v) is 5.35. The monoisotopic (exact) mass is 322 g/mol. The summed E-state index contributed by atoms with van der Waals surface area (Å²) in [6.45, 7) is 1.90. The maximum atomic E-state index is 12.5. The van der Waals surface area contributed by atoms with E-state index in [-0.39, 0.29) is 12.3 Å². The van der Waals surface area contributed by atoms with Gasteiger partial charge in [0.25, 0.3) is 0 Å². The van der Waals surface area contributed by atoms with Crippen LogP contribution in [0.5, 0.6) is 0 Å². The minimum atomic E-state index is -5.00. The minimum Gasteiger partial charge on any atom is -0.451 e. The van der Waals surface area contributed by atoms with Crippen LogP contribution in [0.2, 0.25) is 0 Å². The van der Waals surface area contributed by atoms with E-state index in [0.717, 1.165) is 5.56 Å². The molecule has 0 radical (unpaired) electrons. The van der Waals surface area contributed by atoms with Gasteiger partial charge >= 0.3 is 12.1 Å². The topological polar surface area (TPSA) is 26.3 Å². The Morgan fingerprint density at radius 3 is 1.91 bits per heavy atom. The van der Waals surface area contributed by atoms with Crippen molar-refractivity contribution in [2.45, 2.75) is 31.5 Å². The van der Waals surface area contributed by atoms with Crippen LogP contribution in [0.3, 0.4) is 0 Å². The second kappa shape index (κ2) is 7.31. The standard InChI is InChI=1S/C18H17F3O2/c1-13(14-8-4-2-5-9-14)12-16(15-10-6-3-7-11-15)23-17(22)18(19,20)21/h2-11,13,16H,12H2,1H3. The first-order valence-corrected chi connectivity index (χ1v) is 7.25. The lowest BCUT2D eigenvalue weighted by atomic mass is 9.92. The fraction of sp³-hybridized carbons (Fsp3) is 0.278. The fourth-order valence-electron chi connectivity index (χ4n) is 2.35. The fourth-order valence-corrected chi connectivity index (χ4v) is 2.35. The van der Waals surface area contributed by atoms with Crippen LogP contribution in [0.1, 0.15) is 36.5 Å². The number of carbonyl (C=O) groups excluding carboxylic acids is 1. The number of hydrogen-bond donors (Lipinski definition) is 0. The van der Waals surface area contributed by atoms with Gasteiger partial charge in [-0.15, -0.1) is 0 Å². The molecule has 0 aliphatic carbocycles. The molecule has 2 rings (SSSR count). The summed E-state index contributed by atoms with van der Waals surface area (Å²) in [4.78, 5) is 11.2. The highest BCUT2D eigenvalue weighted by Crippen LogP contribution is 2.32. The van der Waals surface area contributed by atoms with Crippen molar-refractivity contribution in [3.05, 3.63) is 71.8 Å². The van der Waals surface area contributed by atoms with Gasteiger partial charge in [-0.1, -0.05) is 67.6 Å².